The highest BCUT2D eigenvalue weighted by atomic mass is 79.9. The van der Waals surface area contributed by atoms with Crippen molar-refractivity contribution in [1.82, 2.24) is 10.3 Å². The van der Waals surface area contributed by atoms with Crippen molar-refractivity contribution in [3.8, 4) is 5.75 Å². The van der Waals surface area contributed by atoms with Gasteiger partial charge in [-0.15, -0.1) is 0 Å². The number of pyridine rings is 1. The van der Waals surface area contributed by atoms with Gasteiger partial charge in [-0.05, 0) is 47.9 Å². The molecule has 0 aliphatic carbocycles. The topological polar surface area (TPSA) is 104 Å². The lowest BCUT2D eigenvalue weighted by molar-refractivity contribution is -0.122. The van der Waals surface area contributed by atoms with Crippen molar-refractivity contribution in [2.75, 3.05) is 0 Å². The number of carbonyl (C=O) groups excluding carboxylic acids is 2. The summed E-state index contributed by atoms with van der Waals surface area (Å²) < 4.78 is 11.2. The van der Waals surface area contributed by atoms with Gasteiger partial charge in [-0.2, -0.15) is 0 Å². The third-order valence-electron chi connectivity index (χ3n) is 4.44. The number of aromatic nitrogens is 1. The molecule has 3 N–H and O–H groups in total. The maximum Gasteiger partial charge on any atom is 0.514 e. The Labute approximate surface area is 188 Å². The molecule has 0 aliphatic heterocycles. The Morgan fingerprint density at radius 3 is 2.42 bits per heavy atom. The molecule has 8 heteroatoms. The Hall–Kier alpha value is -3.23. The molecular weight excluding hydrogens is 462 g/mol. The number of nitrogens with two attached hydrogens (primary N) is 1. The van der Waals surface area contributed by atoms with E-state index in [1.807, 2.05) is 36.4 Å². The highest BCUT2D eigenvalue weighted by Crippen LogP contribution is 2.18. The van der Waals surface area contributed by atoms with E-state index < -0.39 is 12.2 Å². The fourth-order valence-electron chi connectivity index (χ4n) is 2.74. The predicted molar refractivity (Wildman–Crippen MR) is 119 cm³/mol. The molecule has 2 aromatic carbocycles. The molecule has 1 aromatic heterocycles. The van der Waals surface area contributed by atoms with Crippen LogP contribution in [0.25, 0.3) is 0 Å². The summed E-state index contributed by atoms with van der Waals surface area (Å²) in [6.45, 7) is 0.491. The van der Waals surface area contributed by atoms with Crippen molar-refractivity contribution in [2.45, 2.75) is 25.6 Å². The van der Waals surface area contributed by atoms with Gasteiger partial charge in [0.15, 0.2) is 0 Å². The molecule has 0 aliphatic rings. The van der Waals surface area contributed by atoms with Gasteiger partial charge in [0.2, 0.25) is 5.91 Å². The molecule has 0 spiro atoms. The molecular formula is C23H22BrN3O4. The molecule has 31 heavy (non-hydrogen) atoms. The Balaban J connectivity index is 1.44. The lowest BCUT2D eigenvalue weighted by Crippen LogP contribution is -2.41. The molecule has 0 unspecified atom stereocenters. The Bertz CT molecular complexity index is 1010. The minimum absolute atomic E-state index is 0.0990. The van der Waals surface area contributed by atoms with E-state index in [9.17, 15) is 9.59 Å². The SMILES string of the molecule is N[C@@H](Cc1ccc(OC(=O)OCc2ccccc2Br)cc1)C(=O)NCc1ccncc1. The highest BCUT2D eigenvalue weighted by Gasteiger charge is 2.14. The van der Waals surface area contributed by atoms with Gasteiger partial charge in [-0.1, -0.05) is 46.3 Å². The minimum atomic E-state index is -0.796. The van der Waals surface area contributed by atoms with Gasteiger partial charge in [0.25, 0.3) is 0 Å². The molecule has 0 radical (unpaired) electrons. The lowest BCUT2D eigenvalue weighted by Gasteiger charge is -2.13. The van der Waals surface area contributed by atoms with Gasteiger partial charge < -0.3 is 20.5 Å². The Morgan fingerprint density at radius 1 is 1.00 bits per heavy atom. The van der Waals surface area contributed by atoms with Crippen LogP contribution in [0.1, 0.15) is 16.7 Å². The molecule has 0 saturated carbocycles. The number of nitrogens with one attached hydrogen (secondary N) is 1. The van der Waals surface area contributed by atoms with Crippen LogP contribution < -0.4 is 15.8 Å². The summed E-state index contributed by atoms with van der Waals surface area (Å²) in [7, 11) is 0. The van der Waals surface area contributed by atoms with E-state index in [1.54, 1.807) is 36.7 Å². The van der Waals surface area contributed by atoms with Crippen LogP contribution in [0.2, 0.25) is 0 Å². The average Bonchev–Trinajstić information content (AvgIpc) is 2.79. The van der Waals surface area contributed by atoms with Crippen LogP contribution in [0.15, 0.2) is 77.5 Å². The maximum absolute atomic E-state index is 12.2. The second kappa shape index (κ2) is 11.2. The summed E-state index contributed by atoms with van der Waals surface area (Å²) in [5, 5.41) is 2.81. The van der Waals surface area contributed by atoms with E-state index in [0.29, 0.717) is 18.7 Å². The van der Waals surface area contributed by atoms with E-state index in [0.717, 1.165) is 21.2 Å². The summed E-state index contributed by atoms with van der Waals surface area (Å²) in [6, 6.07) is 17.2. The second-order valence-electron chi connectivity index (χ2n) is 6.76. The van der Waals surface area contributed by atoms with Crippen molar-refractivity contribution in [3.05, 3.63) is 94.2 Å². The van der Waals surface area contributed by atoms with E-state index in [1.165, 1.54) is 0 Å². The zero-order chi connectivity index (χ0) is 22.1. The van der Waals surface area contributed by atoms with Crippen LogP contribution in [0.4, 0.5) is 4.79 Å². The Kier molecular flexibility index (Phi) is 8.14. The first-order chi connectivity index (χ1) is 15.0. The maximum atomic E-state index is 12.2. The molecule has 7 nitrogen and oxygen atoms in total. The molecule has 3 rings (SSSR count). The normalized spacial score (nSPS) is 11.4. The fourth-order valence-corrected chi connectivity index (χ4v) is 3.14. The third-order valence-corrected chi connectivity index (χ3v) is 5.21. The monoisotopic (exact) mass is 483 g/mol. The average molecular weight is 484 g/mol. The van der Waals surface area contributed by atoms with Crippen LogP contribution in [0.5, 0.6) is 5.75 Å². The van der Waals surface area contributed by atoms with Gasteiger partial charge in [0.05, 0.1) is 6.04 Å². The number of hydrogen-bond acceptors (Lipinski definition) is 6. The van der Waals surface area contributed by atoms with Gasteiger partial charge in [-0.25, -0.2) is 4.79 Å². The number of halogens is 1. The fraction of sp³-hybridized carbons (Fsp3) is 0.174. The molecule has 1 amide bonds. The van der Waals surface area contributed by atoms with Crippen LogP contribution in [0, 0.1) is 0 Å². The molecule has 0 bridgehead atoms. The largest absolute Gasteiger partial charge is 0.514 e. The number of carbonyl (C=O) groups is 2. The van der Waals surface area contributed by atoms with Gasteiger partial charge in [0.1, 0.15) is 12.4 Å². The van der Waals surface area contributed by atoms with Gasteiger partial charge in [0, 0.05) is 29.0 Å². The molecule has 0 saturated heterocycles. The number of nitrogens with zero attached hydrogens (tertiary/aromatic N) is 1. The van der Waals surface area contributed by atoms with Crippen molar-refractivity contribution in [2.24, 2.45) is 5.73 Å². The zero-order valence-electron chi connectivity index (χ0n) is 16.7. The van der Waals surface area contributed by atoms with Crippen LogP contribution in [0.3, 0.4) is 0 Å². The van der Waals surface area contributed by atoms with E-state index in [2.05, 4.69) is 26.2 Å². The van der Waals surface area contributed by atoms with Crippen LogP contribution in [-0.4, -0.2) is 23.1 Å². The van der Waals surface area contributed by atoms with Gasteiger partial charge in [-0.3, -0.25) is 9.78 Å². The van der Waals surface area contributed by atoms with Crippen LogP contribution in [-0.2, 0) is 29.1 Å². The predicted octanol–water partition coefficient (Wildman–Crippen LogP) is 3.75. The summed E-state index contributed by atoms with van der Waals surface area (Å²) in [5.41, 5.74) is 8.64. The zero-order valence-corrected chi connectivity index (χ0v) is 18.2. The Morgan fingerprint density at radius 2 is 1.71 bits per heavy atom. The minimum Gasteiger partial charge on any atom is -0.429 e. The molecule has 3 aromatic rings. The number of ether oxygens (including phenoxy) is 2. The molecule has 1 atom stereocenters. The van der Waals surface area contributed by atoms with E-state index in [4.69, 9.17) is 15.2 Å². The number of amides is 1. The molecule has 160 valence electrons. The van der Waals surface area contributed by atoms with Crippen LogP contribution >= 0.6 is 15.9 Å². The smallest absolute Gasteiger partial charge is 0.429 e. The van der Waals surface area contributed by atoms with Crippen molar-refractivity contribution in [1.29, 1.82) is 0 Å². The summed E-state index contributed by atoms with van der Waals surface area (Å²) >= 11 is 3.40. The first-order valence-electron chi connectivity index (χ1n) is 9.60. The lowest BCUT2D eigenvalue weighted by atomic mass is 10.1. The quantitative estimate of drug-likeness (QED) is 0.373. The third kappa shape index (κ3) is 7.20. The van der Waals surface area contributed by atoms with E-state index in [-0.39, 0.29) is 12.5 Å². The number of benzene rings is 2. The second-order valence-corrected chi connectivity index (χ2v) is 7.61. The van der Waals surface area contributed by atoms with Crippen molar-refractivity contribution < 1.29 is 19.1 Å². The number of hydrogen-bond donors (Lipinski definition) is 2. The number of rotatable bonds is 8. The van der Waals surface area contributed by atoms with Crippen molar-refractivity contribution >= 4 is 28.0 Å². The summed E-state index contributed by atoms with van der Waals surface area (Å²) in [6.07, 6.45) is 2.90. The van der Waals surface area contributed by atoms with E-state index >= 15 is 0 Å². The van der Waals surface area contributed by atoms with Gasteiger partial charge >= 0.3 is 6.16 Å². The summed E-state index contributed by atoms with van der Waals surface area (Å²) in [5.74, 6) is 0.101. The van der Waals surface area contributed by atoms with Crippen molar-refractivity contribution in [3.63, 3.8) is 0 Å². The molecule has 0 fully saturated rings. The first-order valence-corrected chi connectivity index (χ1v) is 10.4. The first kappa shape index (κ1) is 22.5. The summed E-state index contributed by atoms with van der Waals surface area (Å²) in [4.78, 5) is 28.0. The standard InChI is InChI=1S/C23H22BrN3O4/c24-20-4-2-1-3-18(20)15-30-23(29)31-19-7-5-16(6-8-19)13-21(25)22(28)27-14-17-9-11-26-12-10-17/h1-12,21H,13-15,25H2,(H,27,28)/t21-/m0/s1. The molecule has 1 heterocycles. The highest BCUT2D eigenvalue weighted by molar-refractivity contribution is 9.10.